The maximum absolute atomic E-state index is 14.0. The van der Waals surface area contributed by atoms with Crippen LogP contribution in [-0.2, 0) is 21.2 Å². The second kappa shape index (κ2) is 8.88. The van der Waals surface area contributed by atoms with Gasteiger partial charge < -0.3 is 5.32 Å². The lowest BCUT2D eigenvalue weighted by Crippen LogP contribution is -2.45. The van der Waals surface area contributed by atoms with E-state index in [1.165, 1.54) is 24.3 Å². The quantitative estimate of drug-likeness (QED) is 0.444. The number of nitrogens with zero attached hydrogens (tertiary/aromatic N) is 2. The van der Waals surface area contributed by atoms with Gasteiger partial charge in [0, 0.05) is 0 Å². The van der Waals surface area contributed by atoms with E-state index in [9.17, 15) is 17.6 Å². The molecule has 0 radical (unpaired) electrons. The Balaban J connectivity index is 1.66. The second-order valence-corrected chi connectivity index (χ2v) is 8.93. The zero-order chi connectivity index (χ0) is 21.8. The second-order valence-electron chi connectivity index (χ2n) is 6.72. The van der Waals surface area contributed by atoms with Crippen molar-refractivity contribution in [1.29, 1.82) is 0 Å². The van der Waals surface area contributed by atoms with Gasteiger partial charge in [0.1, 0.15) is 27.8 Å². The van der Waals surface area contributed by atoms with Crippen LogP contribution in [0.1, 0.15) is 5.56 Å². The molecule has 4 aromatic rings. The number of hydrogen-bond acceptors (Lipinski definition) is 6. The van der Waals surface area contributed by atoms with Crippen molar-refractivity contribution in [3.8, 4) is 0 Å². The van der Waals surface area contributed by atoms with Gasteiger partial charge in [-0.05, 0) is 36.2 Å². The number of benzene rings is 3. The first-order valence-electron chi connectivity index (χ1n) is 9.27. The third-order valence-electron chi connectivity index (χ3n) is 4.57. The Labute approximate surface area is 182 Å². The van der Waals surface area contributed by atoms with E-state index in [0.29, 0.717) is 5.52 Å². The Hall–Kier alpha value is -3.21. The number of rotatable bonds is 7. The summed E-state index contributed by atoms with van der Waals surface area (Å²) in [6.07, 6.45) is 0.0750. The van der Waals surface area contributed by atoms with Gasteiger partial charge in [0.05, 0.1) is 17.4 Å². The lowest BCUT2D eigenvalue weighted by molar-refractivity contribution is -0.117. The van der Waals surface area contributed by atoms with Crippen LogP contribution in [0.2, 0.25) is 0 Å². The number of aromatic nitrogens is 2. The molecule has 3 aromatic carbocycles. The lowest BCUT2D eigenvalue weighted by Gasteiger charge is -2.19. The van der Waals surface area contributed by atoms with Gasteiger partial charge in [-0.25, -0.2) is 12.8 Å². The van der Waals surface area contributed by atoms with Crippen LogP contribution in [-0.4, -0.2) is 29.1 Å². The standard InChI is InChI=1S/C21H17FN4O3S2/c22-15-9-4-5-10-16(15)23-21(27)18(13-14-7-2-1-3-8-14)26-31(28,29)19-12-6-11-17-20(19)25-30-24-17/h1-12,18,26H,13H2,(H,23,27)/t18-/m0/s1. The molecule has 1 aromatic heterocycles. The number of carbonyl (C=O) groups is 1. The van der Waals surface area contributed by atoms with E-state index in [1.54, 1.807) is 42.5 Å². The number of para-hydroxylation sites is 1. The van der Waals surface area contributed by atoms with Gasteiger partial charge in [-0.2, -0.15) is 13.5 Å². The van der Waals surface area contributed by atoms with Gasteiger partial charge >= 0.3 is 0 Å². The van der Waals surface area contributed by atoms with E-state index in [1.807, 2.05) is 6.07 Å². The maximum Gasteiger partial charge on any atom is 0.243 e. The van der Waals surface area contributed by atoms with Gasteiger partial charge in [-0.3, -0.25) is 4.79 Å². The Morgan fingerprint density at radius 1 is 0.968 bits per heavy atom. The number of carbonyl (C=O) groups excluding carboxylic acids is 1. The molecule has 7 nitrogen and oxygen atoms in total. The largest absolute Gasteiger partial charge is 0.322 e. The maximum atomic E-state index is 14.0. The minimum Gasteiger partial charge on any atom is -0.322 e. The highest BCUT2D eigenvalue weighted by molar-refractivity contribution is 7.89. The minimum absolute atomic E-state index is 0.0319. The molecule has 0 bridgehead atoms. The summed E-state index contributed by atoms with van der Waals surface area (Å²) in [7, 11) is -4.12. The molecule has 2 N–H and O–H groups in total. The predicted molar refractivity (Wildman–Crippen MR) is 117 cm³/mol. The normalized spacial score (nSPS) is 12.5. The van der Waals surface area contributed by atoms with Crippen LogP contribution in [0.5, 0.6) is 0 Å². The highest BCUT2D eigenvalue weighted by Gasteiger charge is 2.28. The summed E-state index contributed by atoms with van der Waals surface area (Å²) in [6.45, 7) is 0. The molecule has 1 heterocycles. The molecule has 0 fully saturated rings. The van der Waals surface area contributed by atoms with Crippen LogP contribution in [0.25, 0.3) is 11.0 Å². The van der Waals surface area contributed by atoms with Crippen molar-refractivity contribution in [2.75, 3.05) is 5.32 Å². The first kappa shape index (κ1) is 21.0. The van der Waals surface area contributed by atoms with E-state index in [2.05, 4.69) is 18.8 Å². The molecule has 1 amide bonds. The monoisotopic (exact) mass is 456 g/mol. The molecule has 0 saturated carbocycles. The number of halogens is 1. The van der Waals surface area contributed by atoms with Crippen molar-refractivity contribution in [1.82, 2.24) is 13.5 Å². The van der Waals surface area contributed by atoms with Crippen LogP contribution in [0.15, 0.2) is 77.7 Å². The summed E-state index contributed by atoms with van der Waals surface area (Å²) in [5.74, 6) is -1.29. The van der Waals surface area contributed by atoms with Gasteiger partial charge in [-0.1, -0.05) is 48.5 Å². The number of fused-ring (bicyclic) bond motifs is 1. The summed E-state index contributed by atoms with van der Waals surface area (Å²) in [5, 5.41) is 2.47. The number of sulfonamides is 1. The molecule has 0 aliphatic heterocycles. The molecular formula is C21H17FN4O3S2. The average Bonchev–Trinajstić information content (AvgIpc) is 3.24. The Morgan fingerprint density at radius 3 is 2.48 bits per heavy atom. The molecule has 0 saturated heterocycles. The average molecular weight is 457 g/mol. The van der Waals surface area contributed by atoms with Gasteiger partial charge in [0.2, 0.25) is 15.9 Å². The molecule has 1 atom stereocenters. The molecule has 10 heteroatoms. The fraction of sp³-hybridized carbons (Fsp3) is 0.0952. The first-order chi connectivity index (χ1) is 14.9. The van der Waals surface area contributed by atoms with Crippen molar-refractivity contribution in [3.63, 3.8) is 0 Å². The Morgan fingerprint density at radius 2 is 1.71 bits per heavy atom. The molecule has 0 aliphatic carbocycles. The zero-order valence-corrected chi connectivity index (χ0v) is 17.7. The van der Waals surface area contributed by atoms with E-state index in [0.717, 1.165) is 17.3 Å². The van der Waals surface area contributed by atoms with Crippen LogP contribution < -0.4 is 10.0 Å². The molecule has 4 rings (SSSR count). The van der Waals surface area contributed by atoms with Crippen molar-refractivity contribution in [2.24, 2.45) is 0 Å². The van der Waals surface area contributed by atoms with Gasteiger partial charge in [0.15, 0.2) is 0 Å². The summed E-state index contributed by atoms with van der Waals surface area (Å²) in [6, 6.07) is 18.1. The van der Waals surface area contributed by atoms with E-state index >= 15 is 0 Å². The van der Waals surface area contributed by atoms with Crippen molar-refractivity contribution in [2.45, 2.75) is 17.4 Å². The summed E-state index contributed by atoms with van der Waals surface area (Å²) < 4.78 is 50.9. The van der Waals surface area contributed by atoms with Crippen molar-refractivity contribution < 1.29 is 17.6 Å². The van der Waals surface area contributed by atoms with Crippen LogP contribution in [0.4, 0.5) is 10.1 Å². The zero-order valence-electron chi connectivity index (χ0n) is 16.0. The van der Waals surface area contributed by atoms with Crippen LogP contribution in [0.3, 0.4) is 0 Å². The molecule has 158 valence electrons. The molecule has 0 aliphatic rings. The highest BCUT2D eigenvalue weighted by atomic mass is 32.2. The van der Waals surface area contributed by atoms with E-state index in [-0.39, 0.29) is 22.5 Å². The van der Waals surface area contributed by atoms with Crippen LogP contribution >= 0.6 is 11.7 Å². The topological polar surface area (TPSA) is 101 Å². The Bertz CT molecular complexity index is 1330. The fourth-order valence-electron chi connectivity index (χ4n) is 3.07. The number of anilines is 1. The minimum atomic E-state index is -4.12. The summed E-state index contributed by atoms with van der Waals surface area (Å²) in [4.78, 5) is 12.9. The Kier molecular flexibility index (Phi) is 6.03. The fourth-order valence-corrected chi connectivity index (χ4v) is 5.03. The lowest BCUT2D eigenvalue weighted by atomic mass is 10.1. The third-order valence-corrected chi connectivity index (χ3v) is 6.61. The highest BCUT2D eigenvalue weighted by Crippen LogP contribution is 2.22. The van der Waals surface area contributed by atoms with Crippen molar-refractivity contribution >= 4 is 44.4 Å². The first-order valence-corrected chi connectivity index (χ1v) is 11.5. The van der Waals surface area contributed by atoms with Gasteiger partial charge in [-0.15, -0.1) is 0 Å². The molecule has 31 heavy (non-hydrogen) atoms. The summed E-state index contributed by atoms with van der Waals surface area (Å²) in [5.41, 5.74) is 1.39. The molecule has 0 unspecified atom stereocenters. The molecular weight excluding hydrogens is 439 g/mol. The number of amides is 1. The van der Waals surface area contributed by atoms with E-state index in [4.69, 9.17) is 0 Å². The van der Waals surface area contributed by atoms with Gasteiger partial charge in [0.25, 0.3) is 0 Å². The third kappa shape index (κ3) is 4.76. The molecule has 0 spiro atoms. The van der Waals surface area contributed by atoms with Crippen LogP contribution in [0, 0.1) is 5.82 Å². The predicted octanol–water partition coefficient (Wildman–Crippen LogP) is 3.36. The van der Waals surface area contributed by atoms with Crippen molar-refractivity contribution in [3.05, 3.63) is 84.2 Å². The SMILES string of the molecule is O=C(Nc1ccccc1F)[C@H](Cc1ccccc1)NS(=O)(=O)c1cccc2nsnc12. The number of nitrogens with one attached hydrogen (secondary N) is 2. The van der Waals surface area contributed by atoms with E-state index < -0.39 is 27.8 Å². The number of hydrogen-bond donors (Lipinski definition) is 2. The smallest absolute Gasteiger partial charge is 0.243 e. The summed E-state index contributed by atoms with van der Waals surface area (Å²) >= 11 is 0.901.